The molecule has 7 heteroatoms. The minimum absolute atomic E-state index is 0.00409. The molecule has 1 aromatic heterocycles. The van der Waals surface area contributed by atoms with Crippen LogP contribution in [0.2, 0.25) is 0 Å². The third-order valence-corrected chi connectivity index (χ3v) is 12.0. The highest BCUT2D eigenvalue weighted by molar-refractivity contribution is 8.21. The van der Waals surface area contributed by atoms with Crippen LogP contribution in [0.5, 0.6) is 0 Å². The number of fused-ring (bicyclic) bond motifs is 1. The van der Waals surface area contributed by atoms with E-state index in [1.807, 2.05) is 6.07 Å². The predicted octanol–water partition coefficient (Wildman–Crippen LogP) is 4.00. The Morgan fingerprint density at radius 1 is 1.00 bits per heavy atom. The summed E-state index contributed by atoms with van der Waals surface area (Å²) in [6.07, 6.45) is 9.08. The van der Waals surface area contributed by atoms with E-state index in [1.165, 1.54) is 47.6 Å². The number of hydrazine groups is 1. The summed E-state index contributed by atoms with van der Waals surface area (Å²) < 4.78 is 0.399. The van der Waals surface area contributed by atoms with Crippen molar-refractivity contribution in [1.82, 2.24) is 10.9 Å². The third kappa shape index (κ3) is 3.23. The first-order valence-electron chi connectivity index (χ1n) is 10.2. The molecule has 3 aliphatic carbocycles. The van der Waals surface area contributed by atoms with Gasteiger partial charge in [-0.2, -0.15) is 0 Å². The zero-order chi connectivity index (χ0) is 18.4. The van der Waals surface area contributed by atoms with Crippen LogP contribution in [0.15, 0.2) is 6.07 Å². The van der Waals surface area contributed by atoms with Gasteiger partial charge in [0, 0.05) is 22.3 Å². The lowest BCUT2D eigenvalue weighted by molar-refractivity contribution is -0.127. The second kappa shape index (κ2) is 7.30. The minimum atomic E-state index is -0.167. The summed E-state index contributed by atoms with van der Waals surface area (Å²) in [6.45, 7) is 0. The Labute approximate surface area is 173 Å². The number of hydrogen-bond donors (Lipinski definition) is 2. The van der Waals surface area contributed by atoms with Crippen LogP contribution in [0.3, 0.4) is 0 Å². The number of nitrogens with one attached hydrogen (secondary N) is 2. The number of hydrogen-bond acceptors (Lipinski definition) is 5. The summed E-state index contributed by atoms with van der Waals surface area (Å²) in [7, 11) is 0. The van der Waals surface area contributed by atoms with E-state index in [1.54, 1.807) is 11.3 Å². The fourth-order valence-corrected chi connectivity index (χ4v) is 10.6. The Morgan fingerprint density at radius 2 is 1.70 bits per heavy atom. The van der Waals surface area contributed by atoms with Gasteiger partial charge in [0.15, 0.2) is 0 Å². The van der Waals surface area contributed by atoms with Crippen LogP contribution in [-0.4, -0.2) is 27.4 Å². The molecule has 2 heterocycles. The Kier molecular flexibility index (Phi) is 4.97. The van der Waals surface area contributed by atoms with Crippen molar-refractivity contribution in [1.29, 1.82) is 0 Å². The monoisotopic (exact) mass is 422 g/mol. The van der Waals surface area contributed by atoms with Crippen LogP contribution in [0.25, 0.3) is 0 Å². The van der Waals surface area contributed by atoms with Crippen molar-refractivity contribution in [2.45, 2.75) is 55.4 Å². The molecular formula is C20H26N2O2S3. The van der Waals surface area contributed by atoms with Gasteiger partial charge in [0.05, 0.1) is 8.96 Å². The van der Waals surface area contributed by atoms with Crippen LogP contribution < -0.4 is 10.9 Å². The zero-order valence-electron chi connectivity index (χ0n) is 15.4. The third-order valence-electron chi connectivity index (χ3n) is 6.77. The van der Waals surface area contributed by atoms with E-state index >= 15 is 0 Å². The minimum Gasteiger partial charge on any atom is -0.273 e. The van der Waals surface area contributed by atoms with Gasteiger partial charge in [-0.15, -0.1) is 34.9 Å². The van der Waals surface area contributed by atoms with Crippen LogP contribution in [0.1, 0.15) is 58.6 Å². The van der Waals surface area contributed by atoms with Gasteiger partial charge in [-0.1, -0.05) is 0 Å². The number of carbonyl (C=O) groups is 2. The van der Waals surface area contributed by atoms with Gasteiger partial charge in [0.2, 0.25) is 5.91 Å². The van der Waals surface area contributed by atoms with Gasteiger partial charge in [-0.25, -0.2) is 0 Å². The smallest absolute Gasteiger partial charge is 0.273 e. The SMILES string of the molecule is O=C(NNC(=O)C1CC2CCC(C1)C21SCCS1)c1cc2c(s1)CCCC2. The molecule has 2 unspecified atom stereocenters. The second-order valence-corrected chi connectivity index (χ2v) is 12.4. The van der Waals surface area contributed by atoms with Crippen LogP contribution in [0.4, 0.5) is 0 Å². The van der Waals surface area contributed by atoms with E-state index in [2.05, 4.69) is 34.4 Å². The van der Waals surface area contributed by atoms with Gasteiger partial charge >= 0.3 is 0 Å². The summed E-state index contributed by atoms with van der Waals surface area (Å²) in [6, 6.07) is 2.01. The lowest BCUT2D eigenvalue weighted by Gasteiger charge is -2.42. The molecule has 2 atom stereocenters. The topological polar surface area (TPSA) is 58.2 Å². The summed E-state index contributed by atoms with van der Waals surface area (Å²) in [5.41, 5.74) is 6.73. The standard InChI is InChI=1S/C20H26N2O2S3/c23-18(13-9-14-5-6-15(10-13)20(14)25-7-8-26-20)21-22-19(24)17-11-12-3-1-2-4-16(12)27-17/h11,13-15H,1-10H2,(H,21,23)(H,22,24). The maximum Gasteiger partial charge on any atom is 0.279 e. The zero-order valence-corrected chi connectivity index (χ0v) is 17.9. The lowest BCUT2D eigenvalue weighted by atomic mass is 9.79. The second-order valence-electron chi connectivity index (χ2n) is 8.27. The highest BCUT2D eigenvalue weighted by atomic mass is 32.2. The summed E-state index contributed by atoms with van der Waals surface area (Å²) in [4.78, 5) is 27.3. The van der Waals surface area contributed by atoms with E-state index < -0.39 is 0 Å². The highest BCUT2D eigenvalue weighted by Gasteiger charge is 2.57. The Balaban J connectivity index is 1.18. The number of thiophene rings is 1. The maximum absolute atomic E-state index is 12.7. The summed E-state index contributed by atoms with van der Waals surface area (Å²) in [5.74, 6) is 3.72. The first-order valence-corrected chi connectivity index (χ1v) is 12.9. The lowest BCUT2D eigenvalue weighted by Crippen LogP contribution is -2.48. The Morgan fingerprint density at radius 3 is 2.41 bits per heavy atom. The van der Waals surface area contributed by atoms with Gasteiger partial charge in [-0.3, -0.25) is 20.4 Å². The molecule has 3 fully saturated rings. The molecule has 1 aliphatic heterocycles. The van der Waals surface area contributed by atoms with Gasteiger partial charge in [0.1, 0.15) is 0 Å². The molecule has 1 saturated heterocycles. The molecule has 27 heavy (non-hydrogen) atoms. The van der Waals surface area contributed by atoms with Crippen molar-refractivity contribution in [2.75, 3.05) is 11.5 Å². The fourth-order valence-electron chi connectivity index (χ4n) is 5.50. The van der Waals surface area contributed by atoms with E-state index in [0.29, 0.717) is 15.9 Å². The van der Waals surface area contributed by atoms with Crippen LogP contribution >= 0.6 is 34.9 Å². The molecule has 2 saturated carbocycles. The number of rotatable bonds is 2. The average molecular weight is 423 g/mol. The predicted molar refractivity (Wildman–Crippen MR) is 113 cm³/mol. The summed E-state index contributed by atoms with van der Waals surface area (Å²) >= 11 is 5.88. The molecule has 0 aromatic carbocycles. The van der Waals surface area contributed by atoms with E-state index in [-0.39, 0.29) is 17.7 Å². The first-order chi connectivity index (χ1) is 13.2. The van der Waals surface area contributed by atoms with E-state index in [9.17, 15) is 9.59 Å². The largest absolute Gasteiger partial charge is 0.279 e. The first kappa shape index (κ1) is 18.4. The van der Waals surface area contributed by atoms with Crippen molar-refractivity contribution in [2.24, 2.45) is 17.8 Å². The molecule has 2 amide bonds. The Hall–Kier alpha value is -0.660. The molecule has 1 aromatic rings. The van der Waals surface area contributed by atoms with Crippen molar-refractivity contribution >= 4 is 46.7 Å². The van der Waals surface area contributed by atoms with E-state index in [4.69, 9.17) is 0 Å². The highest BCUT2D eigenvalue weighted by Crippen LogP contribution is 2.65. The molecule has 4 nitrogen and oxygen atoms in total. The quantitative estimate of drug-likeness (QED) is 0.708. The van der Waals surface area contributed by atoms with Crippen LogP contribution in [-0.2, 0) is 17.6 Å². The molecule has 4 aliphatic rings. The number of carbonyl (C=O) groups excluding carboxylic acids is 2. The van der Waals surface area contributed by atoms with E-state index in [0.717, 1.165) is 30.6 Å². The van der Waals surface area contributed by atoms with Crippen molar-refractivity contribution in [3.63, 3.8) is 0 Å². The Bertz CT molecular complexity index is 717. The van der Waals surface area contributed by atoms with Crippen molar-refractivity contribution in [3.8, 4) is 0 Å². The molecule has 2 bridgehead atoms. The number of amides is 2. The van der Waals surface area contributed by atoms with Crippen LogP contribution in [0, 0.1) is 17.8 Å². The molecule has 5 rings (SSSR count). The molecule has 1 spiro atoms. The van der Waals surface area contributed by atoms with Crippen molar-refractivity contribution in [3.05, 3.63) is 21.4 Å². The van der Waals surface area contributed by atoms with Crippen molar-refractivity contribution < 1.29 is 9.59 Å². The van der Waals surface area contributed by atoms with Gasteiger partial charge < -0.3 is 0 Å². The normalized spacial score (nSPS) is 30.9. The molecule has 0 radical (unpaired) electrons. The average Bonchev–Trinajstić information content (AvgIpc) is 3.37. The maximum atomic E-state index is 12.7. The van der Waals surface area contributed by atoms with Gasteiger partial charge in [0.25, 0.3) is 5.91 Å². The summed E-state index contributed by atoms with van der Waals surface area (Å²) in [5, 5.41) is 0. The molecular weight excluding hydrogens is 396 g/mol. The number of aryl methyl sites for hydroxylation is 2. The number of thioether (sulfide) groups is 2. The van der Waals surface area contributed by atoms with Gasteiger partial charge in [-0.05, 0) is 74.8 Å². The molecule has 2 N–H and O–H groups in total. The molecule has 146 valence electrons. The fraction of sp³-hybridized carbons (Fsp3) is 0.700.